The summed E-state index contributed by atoms with van der Waals surface area (Å²) in [5.74, 6) is 0.947. The van der Waals surface area contributed by atoms with Crippen LogP contribution in [0.4, 0.5) is 0 Å². The molecule has 0 aliphatic heterocycles. The first-order valence-corrected chi connectivity index (χ1v) is 8.19. The van der Waals surface area contributed by atoms with Crippen LogP contribution in [-0.2, 0) is 4.79 Å². The van der Waals surface area contributed by atoms with E-state index in [9.17, 15) is 4.79 Å². The van der Waals surface area contributed by atoms with Crippen LogP contribution in [0.3, 0.4) is 0 Å². The Labute approximate surface area is 113 Å². The molecule has 2 aliphatic carbocycles. The molecule has 1 amide bonds. The van der Waals surface area contributed by atoms with Gasteiger partial charge in [-0.25, -0.2) is 0 Å². The van der Waals surface area contributed by atoms with Crippen molar-refractivity contribution in [2.45, 2.75) is 57.8 Å². The molecule has 0 unspecified atom stereocenters. The van der Waals surface area contributed by atoms with Crippen LogP contribution in [0.1, 0.15) is 57.8 Å². The monoisotopic (exact) mass is 301 g/mol. The summed E-state index contributed by atoms with van der Waals surface area (Å²) in [4.78, 5) is 11.9. The quantitative estimate of drug-likeness (QED) is 0.772. The van der Waals surface area contributed by atoms with Gasteiger partial charge < -0.3 is 5.32 Å². The molecule has 2 saturated carbocycles. The molecule has 1 N–H and O–H groups in total. The predicted molar refractivity (Wildman–Crippen MR) is 74.3 cm³/mol. The average Bonchev–Trinajstić information content (AvgIpc) is 2.98. The molecule has 2 fully saturated rings. The Kier molecular flexibility index (Phi) is 4.89. The van der Waals surface area contributed by atoms with Crippen molar-refractivity contribution < 1.29 is 4.79 Å². The average molecular weight is 302 g/mol. The maximum Gasteiger partial charge on any atom is 0.220 e. The van der Waals surface area contributed by atoms with Gasteiger partial charge >= 0.3 is 0 Å². The lowest BCUT2D eigenvalue weighted by molar-refractivity contribution is -0.122. The number of rotatable bonds is 5. The Balaban J connectivity index is 1.71. The lowest BCUT2D eigenvalue weighted by Gasteiger charge is -2.27. The van der Waals surface area contributed by atoms with Gasteiger partial charge in [0.05, 0.1) is 0 Å². The Hall–Kier alpha value is -0.0500. The lowest BCUT2D eigenvalue weighted by atomic mass is 9.88. The van der Waals surface area contributed by atoms with Gasteiger partial charge in [0.15, 0.2) is 0 Å². The van der Waals surface area contributed by atoms with E-state index in [-0.39, 0.29) is 5.91 Å². The van der Waals surface area contributed by atoms with Crippen molar-refractivity contribution in [3.8, 4) is 0 Å². The van der Waals surface area contributed by atoms with E-state index in [2.05, 4.69) is 21.2 Å². The second-order valence-corrected chi connectivity index (χ2v) is 6.53. The van der Waals surface area contributed by atoms with Crippen molar-refractivity contribution in [2.24, 2.45) is 11.3 Å². The zero-order chi connectivity index (χ0) is 12.1. The number of carbonyl (C=O) groups is 1. The molecular weight excluding hydrogens is 278 g/mol. The van der Waals surface area contributed by atoms with Crippen LogP contribution < -0.4 is 5.32 Å². The molecule has 0 saturated heterocycles. The molecule has 0 radical (unpaired) electrons. The topological polar surface area (TPSA) is 29.1 Å². The fourth-order valence-electron chi connectivity index (χ4n) is 3.32. The SMILES string of the molecule is O=C(CC1CCCC1)NCC1(CBr)CCCC1. The zero-order valence-electron chi connectivity index (χ0n) is 10.6. The summed E-state index contributed by atoms with van der Waals surface area (Å²) in [6.07, 6.45) is 11.1. The van der Waals surface area contributed by atoms with Crippen molar-refractivity contribution >= 4 is 21.8 Å². The minimum atomic E-state index is 0.282. The van der Waals surface area contributed by atoms with Crippen LogP contribution in [-0.4, -0.2) is 17.8 Å². The smallest absolute Gasteiger partial charge is 0.220 e. The molecule has 0 bridgehead atoms. The third kappa shape index (κ3) is 3.70. The van der Waals surface area contributed by atoms with Gasteiger partial charge in [0.1, 0.15) is 0 Å². The molecule has 2 rings (SSSR count). The molecule has 0 aromatic rings. The number of alkyl halides is 1. The van der Waals surface area contributed by atoms with Crippen molar-refractivity contribution in [1.82, 2.24) is 5.32 Å². The summed E-state index contributed by atoms with van der Waals surface area (Å²) in [6, 6.07) is 0. The summed E-state index contributed by atoms with van der Waals surface area (Å²) in [5, 5.41) is 4.21. The predicted octanol–water partition coefficient (Wildman–Crippen LogP) is 3.64. The van der Waals surface area contributed by atoms with Gasteiger partial charge in [0, 0.05) is 18.3 Å². The Morgan fingerprint density at radius 1 is 1.18 bits per heavy atom. The van der Waals surface area contributed by atoms with E-state index in [1.165, 1.54) is 51.4 Å². The van der Waals surface area contributed by atoms with E-state index in [1.54, 1.807) is 0 Å². The second-order valence-electron chi connectivity index (χ2n) is 5.97. The summed E-state index contributed by atoms with van der Waals surface area (Å²) in [6.45, 7) is 0.879. The normalized spacial score (nSPS) is 24.1. The molecule has 2 nitrogen and oxygen atoms in total. The van der Waals surface area contributed by atoms with Gasteiger partial charge in [-0.1, -0.05) is 41.6 Å². The molecule has 0 aromatic heterocycles. The van der Waals surface area contributed by atoms with Gasteiger partial charge in [-0.15, -0.1) is 0 Å². The summed E-state index contributed by atoms with van der Waals surface area (Å²) in [7, 11) is 0. The van der Waals surface area contributed by atoms with Crippen LogP contribution in [0.2, 0.25) is 0 Å². The third-order valence-electron chi connectivity index (χ3n) is 4.56. The molecule has 0 heterocycles. The Morgan fingerprint density at radius 3 is 2.41 bits per heavy atom. The molecule has 3 heteroatoms. The summed E-state index contributed by atoms with van der Waals surface area (Å²) >= 11 is 3.62. The highest BCUT2D eigenvalue weighted by Crippen LogP contribution is 2.39. The summed E-state index contributed by atoms with van der Waals surface area (Å²) < 4.78 is 0. The van der Waals surface area contributed by atoms with E-state index in [0.29, 0.717) is 11.3 Å². The van der Waals surface area contributed by atoms with Gasteiger partial charge in [0.2, 0.25) is 5.91 Å². The first-order chi connectivity index (χ1) is 8.24. The lowest BCUT2D eigenvalue weighted by Crippen LogP contribution is -2.37. The Morgan fingerprint density at radius 2 is 1.82 bits per heavy atom. The van der Waals surface area contributed by atoms with Gasteiger partial charge in [-0.3, -0.25) is 4.79 Å². The van der Waals surface area contributed by atoms with E-state index >= 15 is 0 Å². The van der Waals surface area contributed by atoms with E-state index in [4.69, 9.17) is 0 Å². The van der Waals surface area contributed by atoms with E-state index in [0.717, 1.165) is 18.3 Å². The Bertz CT molecular complexity index is 255. The highest BCUT2D eigenvalue weighted by Gasteiger charge is 2.33. The molecule has 2 aliphatic rings. The molecule has 0 spiro atoms. The first-order valence-electron chi connectivity index (χ1n) is 7.07. The van der Waals surface area contributed by atoms with Crippen molar-refractivity contribution in [3.05, 3.63) is 0 Å². The van der Waals surface area contributed by atoms with Crippen LogP contribution in [0.5, 0.6) is 0 Å². The first kappa shape index (κ1) is 13.4. The zero-order valence-corrected chi connectivity index (χ0v) is 12.2. The second kappa shape index (κ2) is 6.21. The number of hydrogen-bond donors (Lipinski definition) is 1. The van der Waals surface area contributed by atoms with Crippen LogP contribution >= 0.6 is 15.9 Å². The van der Waals surface area contributed by atoms with E-state index < -0.39 is 0 Å². The van der Waals surface area contributed by atoms with Crippen LogP contribution in [0, 0.1) is 11.3 Å². The fraction of sp³-hybridized carbons (Fsp3) is 0.929. The van der Waals surface area contributed by atoms with Gasteiger partial charge in [0.25, 0.3) is 0 Å². The molecule has 98 valence electrons. The van der Waals surface area contributed by atoms with Gasteiger partial charge in [-0.2, -0.15) is 0 Å². The molecule has 0 atom stereocenters. The van der Waals surface area contributed by atoms with Crippen molar-refractivity contribution in [1.29, 1.82) is 0 Å². The molecular formula is C14H24BrNO. The van der Waals surface area contributed by atoms with Crippen molar-refractivity contribution in [3.63, 3.8) is 0 Å². The molecule has 0 aromatic carbocycles. The van der Waals surface area contributed by atoms with E-state index in [1.807, 2.05) is 0 Å². The van der Waals surface area contributed by atoms with Crippen LogP contribution in [0.25, 0.3) is 0 Å². The minimum absolute atomic E-state index is 0.282. The minimum Gasteiger partial charge on any atom is -0.356 e. The fourth-order valence-corrected chi connectivity index (χ4v) is 4.08. The van der Waals surface area contributed by atoms with Crippen molar-refractivity contribution in [2.75, 3.05) is 11.9 Å². The number of carbonyl (C=O) groups excluding carboxylic acids is 1. The maximum absolute atomic E-state index is 11.9. The molecule has 17 heavy (non-hydrogen) atoms. The number of nitrogens with one attached hydrogen (secondary N) is 1. The number of hydrogen-bond acceptors (Lipinski definition) is 1. The van der Waals surface area contributed by atoms with Crippen LogP contribution in [0.15, 0.2) is 0 Å². The standard InChI is InChI=1S/C14H24BrNO/c15-10-14(7-3-4-8-14)11-16-13(17)9-12-5-1-2-6-12/h12H,1-11H2,(H,16,17). The van der Waals surface area contributed by atoms with Gasteiger partial charge in [-0.05, 0) is 37.0 Å². The largest absolute Gasteiger partial charge is 0.356 e. The highest BCUT2D eigenvalue weighted by atomic mass is 79.9. The highest BCUT2D eigenvalue weighted by molar-refractivity contribution is 9.09. The number of amides is 1. The maximum atomic E-state index is 11.9. The third-order valence-corrected chi connectivity index (χ3v) is 5.75. The number of halogens is 1. The summed E-state index contributed by atoms with van der Waals surface area (Å²) in [5.41, 5.74) is 0.353.